The fourth-order valence-electron chi connectivity index (χ4n) is 3.04. The highest BCUT2D eigenvalue weighted by Crippen LogP contribution is 2.30. The highest BCUT2D eigenvalue weighted by atomic mass is 35.5. The maximum absolute atomic E-state index is 13.2. The Labute approximate surface area is 182 Å². The van der Waals surface area contributed by atoms with Crippen LogP contribution in [-0.4, -0.2) is 43.7 Å². The summed E-state index contributed by atoms with van der Waals surface area (Å²) in [5.74, 6) is 0.240. The Hall–Kier alpha value is -2.35. The SMILES string of the molecule is CC(c1cc2ccccc2o1)N(C)C(=O)c1cc(S(=O)(=O)N(C)C(C)C)ccc1Cl. The molecule has 0 aliphatic carbocycles. The van der Waals surface area contributed by atoms with Crippen LogP contribution in [0.4, 0.5) is 0 Å². The maximum Gasteiger partial charge on any atom is 0.255 e. The van der Waals surface area contributed by atoms with Crippen LogP contribution in [0.3, 0.4) is 0 Å². The lowest BCUT2D eigenvalue weighted by Crippen LogP contribution is -2.33. The van der Waals surface area contributed by atoms with Crippen LogP contribution in [0.5, 0.6) is 0 Å². The summed E-state index contributed by atoms with van der Waals surface area (Å²) in [6.07, 6.45) is 0. The van der Waals surface area contributed by atoms with Crippen molar-refractivity contribution in [2.45, 2.75) is 37.8 Å². The number of halogens is 1. The van der Waals surface area contributed by atoms with Crippen molar-refractivity contribution in [1.29, 1.82) is 0 Å². The Kier molecular flexibility index (Phi) is 6.26. The second kappa shape index (κ2) is 8.41. The number of amides is 1. The molecule has 1 amide bonds. The maximum atomic E-state index is 13.2. The third-order valence-electron chi connectivity index (χ3n) is 5.33. The van der Waals surface area contributed by atoms with Crippen molar-refractivity contribution in [3.63, 3.8) is 0 Å². The number of sulfonamides is 1. The van der Waals surface area contributed by atoms with Crippen LogP contribution in [0, 0.1) is 0 Å². The Bertz CT molecular complexity index is 1150. The average Bonchev–Trinajstić information content (AvgIpc) is 3.15. The zero-order valence-electron chi connectivity index (χ0n) is 17.6. The number of rotatable bonds is 6. The number of para-hydroxylation sites is 1. The molecule has 30 heavy (non-hydrogen) atoms. The number of furan rings is 1. The first-order valence-electron chi connectivity index (χ1n) is 9.57. The predicted molar refractivity (Wildman–Crippen MR) is 118 cm³/mol. The minimum absolute atomic E-state index is 0.0243. The Balaban J connectivity index is 1.93. The van der Waals surface area contributed by atoms with Gasteiger partial charge in [-0.2, -0.15) is 4.31 Å². The quantitative estimate of drug-likeness (QED) is 0.535. The molecule has 2 aromatic carbocycles. The molecule has 3 rings (SSSR count). The standard InChI is InChI=1S/C22H25ClN2O4S/c1-14(2)25(5)30(27,28)17-10-11-19(23)18(13-17)22(26)24(4)15(3)21-12-16-8-6-7-9-20(16)29-21/h6-15H,1-5H3. The number of hydrogen-bond donors (Lipinski definition) is 0. The molecular formula is C22H25ClN2O4S. The van der Waals surface area contributed by atoms with Gasteiger partial charge in [0.05, 0.1) is 21.5 Å². The molecule has 0 saturated carbocycles. The summed E-state index contributed by atoms with van der Waals surface area (Å²) in [4.78, 5) is 14.7. The van der Waals surface area contributed by atoms with Gasteiger partial charge in [-0.3, -0.25) is 4.79 Å². The number of nitrogens with zero attached hydrogens (tertiary/aromatic N) is 2. The van der Waals surface area contributed by atoms with Crippen LogP contribution in [0.15, 0.2) is 57.8 Å². The lowest BCUT2D eigenvalue weighted by Gasteiger charge is -2.25. The summed E-state index contributed by atoms with van der Waals surface area (Å²) in [5, 5.41) is 1.14. The van der Waals surface area contributed by atoms with E-state index in [-0.39, 0.29) is 27.6 Å². The normalized spacial score (nSPS) is 13.2. The van der Waals surface area contributed by atoms with Gasteiger partial charge in [0, 0.05) is 25.5 Å². The summed E-state index contributed by atoms with van der Waals surface area (Å²) in [7, 11) is -0.598. The Morgan fingerprint density at radius 1 is 1.03 bits per heavy atom. The molecule has 0 fully saturated rings. The number of carbonyl (C=O) groups excluding carboxylic acids is 1. The highest BCUT2D eigenvalue weighted by Gasteiger charge is 2.28. The summed E-state index contributed by atoms with van der Waals surface area (Å²) in [5.41, 5.74) is 0.864. The lowest BCUT2D eigenvalue weighted by atomic mass is 10.1. The Morgan fingerprint density at radius 3 is 2.33 bits per heavy atom. The van der Waals surface area contributed by atoms with Crippen molar-refractivity contribution in [3.05, 3.63) is 64.9 Å². The van der Waals surface area contributed by atoms with Crippen LogP contribution < -0.4 is 0 Å². The fraction of sp³-hybridized carbons (Fsp3) is 0.318. The molecule has 0 bridgehead atoms. The van der Waals surface area contributed by atoms with Gasteiger partial charge < -0.3 is 9.32 Å². The zero-order valence-corrected chi connectivity index (χ0v) is 19.2. The van der Waals surface area contributed by atoms with E-state index < -0.39 is 15.9 Å². The molecule has 1 aromatic heterocycles. The molecule has 1 unspecified atom stereocenters. The summed E-state index contributed by atoms with van der Waals surface area (Å²) < 4.78 is 32.8. The number of hydrogen-bond acceptors (Lipinski definition) is 4. The fourth-order valence-corrected chi connectivity index (χ4v) is 4.63. The topological polar surface area (TPSA) is 70.8 Å². The molecule has 1 heterocycles. The molecule has 0 saturated heterocycles. The van der Waals surface area contributed by atoms with Gasteiger partial charge in [0.25, 0.3) is 5.91 Å². The van der Waals surface area contributed by atoms with Crippen LogP contribution in [0.2, 0.25) is 5.02 Å². The molecule has 0 aliphatic rings. The van der Waals surface area contributed by atoms with Crippen molar-refractivity contribution in [2.24, 2.45) is 0 Å². The predicted octanol–water partition coefficient (Wildman–Crippen LogP) is 4.95. The van der Waals surface area contributed by atoms with Gasteiger partial charge in [0.1, 0.15) is 11.3 Å². The van der Waals surface area contributed by atoms with E-state index in [0.29, 0.717) is 5.76 Å². The first-order valence-corrected chi connectivity index (χ1v) is 11.4. The summed E-state index contributed by atoms with van der Waals surface area (Å²) in [6.45, 7) is 5.40. The first-order chi connectivity index (χ1) is 14.0. The van der Waals surface area contributed by atoms with Gasteiger partial charge in [0.2, 0.25) is 10.0 Å². The van der Waals surface area contributed by atoms with Crippen molar-refractivity contribution >= 4 is 38.5 Å². The molecule has 0 spiro atoms. The summed E-state index contributed by atoms with van der Waals surface area (Å²) in [6, 6.07) is 13.1. The zero-order chi connectivity index (χ0) is 22.2. The monoisotopic (exact) mass is 448 g/mol. The lowest BCUT2D eigenvalue weighted by molar-refractivity contribution is 0.0727. The molecule has 6 nitrogen and oxygen atoms in total. The van der Waals surface area contributed by atoms with Crippen LogP contribution in [-0.2, 0) is 10.0 Å². The van der Waals surface area contributed by atoms with E-state index in [1.165, 1.54) is 34.5 Å². The van der Waals surface area contributed by atoms with Gasteiger partial charge in [0.15, 0.2) is 0 Å². The van der Waals surface area contributed by atoms with Crippen molar-refractivity contribution in [1.82, 2.24) is 9.21 Å². The molecule has 8 heteroatoms. The second-order valence-corrected chi connectivity index (χ2v) is 9.94. The number of benzene rings is 2. The van der Waals surface area contributed by atoms with Crippen molar-refractivity contribution in [2.75, 3.05) is 14.1 Å². The molecular weight excluding hydrogens is 424 g/mol. The summed E-state index contributed by atoms with van der Waals surface area (Å²) >= 11 is 6.26. The second-order valence-electron chi connectivity index (χ2n) is 7.54. The van der Waals surface area contributed by atoms with Gasteiger partial charge in [-0.25, -0.2) is 8.42 Å². The van der Waals surface area contributed by atoms with E-state index in [4.69, 9.17) is 16.0 Å². The third kappa shape index (κ3) is 4.10. The molecule has 0 radical (unpaired) electrons. The van der Waals surface area contributed by atoms with Crippen LogP contribution in [0.1, 0.15) is 42.9 Å². The van der Waals surface area contributed by atoms with E-state index in [9.17, 15) is 13.2 Å². The largest absolute Gasteiger partial charge is 0.459 e. The molecule has 160 valence electrons. The Morgan fingerprint density at radius 2 is 1.70 bits per heavy atom. The van der Waals surface area contributed by atoms with Gasteiger partial charge in [-0.05, 0) is 51.1 Å². The van der Waals surface area contributed by atoms with Gasteiger partial charge in [-0.1, -0.05) is 29.8 Å². The number of carbonyl (C=O) groups is 1. The highest BCUT2D eigenvalue weighted by molar-refractivity contribution is 7.89. The first kappa shape index (κ1) is 22.3. The van der Waals surface area contributed by atoms with Crippen molar-refractivity contribution in [3.8, 4) is 0 Å². The minimum atomic E-state index is -3.74. The van der Waals surface area contributed by atoms with Gasteiger partial charge >= 0.3 is 0 Å². The molecule has 1 atom stereocenters. The third-order valence-corrected chi connectivity index (χ3v) is 7.69. The number of fused-ring (bicyclic) bond motifs is 1. The molecule has 3 aromatic rings. The minimum Gasteiger partial charge on any atom is -0.459 e. The van der Waals surface area contributed by atoms with E-state index in [1.807, 2.05) is 37.3 Å². The van der Waals surface area contributed by atoms with Crippen molar-refractivity contribution < 1.29 is 17.6 Å². The average molecular weight is 449 g/mol. The van der Waals surface area contributed by atoms with Crippen LogP contribution in [0.25, 0.3) is 11.0 Å². The molecule has 0 aliphatic heterocycles. The molecule has 0 N–H and O–H groups in total. The van der Waals surface area contributed by atoms with Crippen LogP contribution >= 0.6 is 11.6 Å². The van der Waals surface area contributed by atoms with E-state index in [1.54, 1.807) is 20.9 Å². The van der Waals surface area contributed by atoms with E-state index in [0.717, 1.165) is 11.0 Å². The van der Waals surface area contributed by atoms with E-state index in [2.05, 4.69) is 0 Å². The van der Waals surface area contributed by atoms with E-state index >= 15 is 0 Å². The smallest absolute Gasteiger partial charge is 0.255 e. The van der Waals surface area contributed by atoms with Gasteiger partial charge in [-0.15, -0.1) is 0 Å².